The fourth-order valence-electron chi connectivity index (χ4n) is 1.81. The lowest BCUT2D eigenvalue weighted by Gasteiger charge is -1.97. The zero-order valence-corrected chi connectivity index (χ0v) is 11.5. The van der Waals surface area contributed by atoms with E-state index in [0.717, 1.165) is 18.4 Å². The van der Waals surface area contributed by atoms with Crippen LogP contribution in [0.5, 0.6) is 0 Å². The SMILES string of the molecule is CCCCCCC=CC(=Cc1ccccc1)C(=O)O. The highest BCUT2D eigenvalue weighted by atomic mass is 16.4. The summed E-state index contributed by atoms with van der Waals surface area (Å²) in [5.41, 5.74) is 1.25. The van der Waals surface area contributed by atoms with Crippen molar-refractivity contribution in [3.63, 3.8) is 0 Å². The van der Waals surface area contributed by atoms with Gasteiger partial charge in [-0.25, -0.2) is 4.79 Å². The summed E-state index contributed by atoms with van der Waals surface area (Å²) in [6.45, 7) is 2.18. The van der Waals surface area contributed by atoms with Gasteiger partial charge in [0.15, 0.2) is 0 Å². The van der Waals surface area contributed by atoms with Crippen LogP contribution in [-0.4, -0.2) is 11.1 Å². The predicted octanol–water partition coefficient (Wildman–Crippen LogP) is 4.68. The summed E-state index contributed by atoms with van der Waals surface area (Å²) in [4.78, 5) is 11.2. The van der Waals surface area contributed by atoms with Gasteiger partial charge >= 0.3 is 5.97 Å². The van der Waals surface area contributed by atoms with E-state index in [9.17, 15) is 4.79 Å². The summed E-state index contributed by atoms with van der Waals surface area (Å²) < 4.78 is 0. The van der Waals surface area contributed by atoms with Gasteiger partial charge in [-0.1, -0.05) is 68.7 Å². The minimum absolute atomic E-state index is 0.335. The number of carbonyl (C=O) groups is 1. The first kappa shape index (κ1) is 15.2. The number of aliphatic carboxylic acids is 1. The molecule has 0 atom stereocenters. The van der Waals surface area contributed by atoms with Gasteiger partial charge < -0.3 is 5.11 Å². The largest absolute Gasteiger partial charge is 0.478 e. The molecular formula is C17H22O2. The molecule has 0 radical (unpaired) electrons. The lowest BCUT2D eigenvalue weighted by atomic mass is 10.1. The maximum Gasteiger partial charge on any atom is 0.335 e. The molecule has 1 N–H and O–H groups in total. The molecule has 0 saturated heterocycles. The Morgan fingerprint density at radius 3 is 2.53 bits per heavy atom. The van der Waals surface area contributed by atoms with E-state index in [1.165, 1.54) is 19.3 Å². The fourth-order valence-corrected chi connectivity index (χ4v) is 1.81. The van der Waals surface area contributed by atoms with Crippen LogP contribution in [0.1, 0.15) is 44.6 Å². The van der Waals surface area contributed by atoms with Crippen LogP contribution in [0.25, 0.3) is 6.08 Å². The van der Waals surface area contributed by atoms with Crippen LogP contribution in [-0.2, 0) is 4.79 Å². The van der Waals surface area contributed by atoms with Crippen molar-refractivity contribution in [3.05, 3.63) is 53.6 Å². The van der Waals surface area contributed by atoms with E-state index in [0.29, 0.717) is 5.57 Å². The first-order chi connectivity index (χ1) is 9.24. The molecule has 0 fully saturated rings. The van der Waals surface area contributed by atoms with Crippen molar-refractivity contribution in [1.29, 1.82) is 0 Å². The molecule has 0 heterocycles. The number of carboxylic acids is 1. The Labute approximate surface area is 115 Å². The van der Waals surface area contributed by atoms with Gasteiger partial charge in [-0.3, -0.25) is 0 Å². The Hall–Kier alpha value is -1.83. The molecule has 0 bridgehead atoms. The Morgan fingerprint density at radius 1 is 1.16 bits per heavy atom. The van der Waals surface area contributed by atoms with Crippen molar-refractivity contribution in [2.75, 3.05) is 0 Å². The third kappa shape index (κ3) is 6.61. The minimum atomic E-state index is -0.881. The van der Waals surface area contributed by atoms with Gasteiger partial charge in [-0.05, 0) is 24.5 Å². The van der Waals surface area contributed by atoms with Crippen molar-refractivity contribution in [2.24, 2.45) is 0 Å². The van der Waals surface area contributed by atoms with Crippen LogP contribution in [0.15, 0.2) is 48.1 Å². The van der Waals surface area contributed by atoms with E-state index in [4.69, 9.17) is 5.11 Å². The van der Waals surface area contributed by atoms with Crippen molar-refractivity contribution < 1.29 is 9.90 Å². The smallest absolute Gasteiger partial charge is 0.335 e. The number of benzene rings is 1. The Balaban J connectivity index is 2.56. The molecule has 0 aliphatic rings. The van der Waals surface area contributed by atoms with Crippen LogP contribution in [0.3, 0.4) is 0 Å². The fraction of sp³-hybridized carbons (Fsp3) is 0.353. The lowest BCUT2D eigenvalue weighted by Crippen LogP contribution is -1.97. The Morgan fingerprint density at radius 2 is 1.89 bits per heavy atom. The van der Waals surface area contributed by atoms with Gasteiger partial charge in [-0.15, -0.1) is 0 Å². The van der Waals surface area contributed by atoms with E-state index in [2.05, 4.69) is 6.92 Å². The molecule has 0 aromatic heterocycles. The second-order valence-electron chi connectivity index (χ2n) is 4.57. The summed E-state index contributed by atoms with van der Waals surface area (Å²) in [5, 5.41) is 9.16. The molecule has 0 spiro atoms. The third-order valence-electron chi connectivity index (χ3n) is 2.89. The quantitative estimate of drug-likeness (QED) is 0.417. The average molecular weight is 258 g/mol. The monoisotopic (exact) mass is 258 g/mol. The van der Waals surface area contributed by atoms with Crippen molar-refractivity contribution >= 4 is 12.0 Å². The first-order valence-corrected chi connectivity index (χ1v) is 6.90. The number of carboxylic acid groups (broad SMARTS) is 1. The summed E-state index contributed by atoms with van der Waals surface area (Å²) in [6, 6.07) is 9.52. The number of hydrogen-bond acceptors (Lipinski definition) is 1. The van der Waals surface area contributed by atoms with Crippen LogP contribution in [0.2, 0.25) is 0 Å². The van der Waals surface area contributed by atoms with Crippen LogP contribution < -0.4 is 0 Å². The average Bonchev–Trinajstić information content (AvgIpc) is 2.42. The van der Waals surface area contributed by atoms with Gasteiger partial charge in [0.25, 0.3) is 0 Å². The predicted molar refractivity (Wildman–Crippen MR) is 80.0 cm³/mol. The number of rotatable bonds is 8. The number of unbranched alkanes of at least 4 members (excludes halogenated alkanes) is 4. The Kier molecular flexibility index (Phi) is 7.33. The van der Waals surface area contributed by atoms with E-state index < -0.39 is 5.97 Å². The van der Waals surface area contributed by atoms with Crippen LogP contribution >= 0.6 is 0 Å². The van der Waals surface area contributed by atoms with E-state index in [-0.39, 0.29) is 0 Å². The maximum atomic E-state index is 11.2. The van der Waals surface area contributed by atoms with Gasteiger partial charge in [-0.2, -0.15) is 0 Å². The molecule has 1 aromatic rings. The van der Waals surface area contributed by atoms with Crippen molar-refractivity contribution in [1.82, 2.24) is 0 Å². The molecule has 0 unspecified atom stereocenters. The summed E-state index contributed by atoms with van der Waals surface area (Å²) in [7, 11) is 0. The topological polar surface area (TPSA) is 37.3 Å². The summed E-state index contributed by atoms with van der Waals surface area (Å²) in [5.74, 6) is -0.881. The second-order valence-corrected chi connectivity index (χ2v) is 4.57. The van der Waals surface area contributed by atoms with E-state index in [1.54, 1.807) is 12.2 Å². The molecule has 2 nitrogen and oxygen atoms in total. The highest BCUT2D eigenvalue weighted by Gasteiger charge is 2.02. The molecule has 0 aliphatic carbocycles. The van der Waals surface area contributed by atoms with Gasteiger partial charge in [0.05, 0.1) is 5.57 Å². The normalized spacial score (nSPS) is 11.9. The summed E-state index contributed by atoms with van der Waals surface area (Å²) in [6.07, 6.45) is 11.1. The van der Waals surface area contributed by atoms with Crippen LogP contribution in [0.4, 0.5) is 0 Å². The Bertz CT molecular complexity index is 430. The number of allylic oxidation sites excluding steroid dienone is 1. The highest BCUT2D eigenvalue weighted by Crippen LogP contribution is 2.10. The first-order valence-electron chi connectivity index (χ1n) is 6.90. The van der Waals surface area contributed by atoms with Crippen molar-refractivity contribution in [3.8, 4) is 0 Å². The van der Waals surface area contributed by atoms with Crippen LogP contribution in [0, 0.1) is 0 Å². The molecule has 102 valence electrons. The van der Waals surface area contributed by atoms with E-state index in [1.807, 2.05) is 36.4 Å². The van der Waals surface area contributed by atoms with Crippen molar-refractivity contribution in [2.45, 2.75) is 39.0 Å². The maximum absolute atomic E-state index is 11.2. The van der Waals surface area contributed by atoms with Gasteiger partial charge in [0.2, 0.25) is 0 Å². The van der Waals surface area contributed by atoms with E-state index >= 15 is 0 Å². The molecule has 2 heteroatoms. The molecular weight excluding hydrogens is 236 g/mol. The zero-order chi connectivity index (χ0) is 13.9. The standard InChI is InChI=1S/C17H22O2/c1-2-3-4-5-6-10-13-16(17(18)19)14-15-11-8-7-9-12-15/h7-14H,2-6H2,1H3,(H,18,19). The molecule has 0 saturated carbocycles. The summed E-state index contributed by atoms with van der Waals surface area (Å²) >= 11 is 0. The molecule has 0 aliphatic heterocycles. The lowest BCUT2D eigenvalue weighted by molar-refractivity contribution is -0.132. The highest BCUT2D eigenvalue weighted by molar-refractivity contribution is 5.95. The minimum Gasteiger partial charge on any atom is -0.478 e. The van der Waals surface area contributed by atoms with Gasteiger partial charge in [0, 0.05) is 0 Å². The molecule has 1 aromatic carbocycles. The second kappa shape index (κ2) is 9.15. The third-order valence-corrected chi connectivity index (χ3v) is 2.89. The molecule has 1 rings (SSSR count). The van der Waals surface area contributed by atoms with Gasteiger partial charge in [0.1, 0.15) is 0 Å². The molecule has 19 heavy (non-hydrogen) atoms. The zero-order valence-electron chi connectivity index (χ0n) is 11.5. The number of hydrogen-bond donors (Lipinski definition) is 1. The molecule has 0 amide bonds.